The van der Waals surface area contributed by atoms with Gasteiger partial charge in [-0.05, 0) is 37.0 Å². The van der Waals surface area contributed by atoms with Crippen LogP contribution in [0.15, 0.2) is 46.5 Å². The molecule has 0 radical (unpaired) electrons. The van der Waals surface area contributed by atoms with Crippen LogP contribution < -0.4 is 5.56 Å². The molecular weight excluding hydrogens is 378 g/mol. The number of aromatic nitrogens is 5. The molecule has 0 atom stereocenters. The van der Waals surface area contributed by atoms with Gasteiger partial charge in [0.2, 0.25) is 0 Å². The fourth-order valence-corrected chi connectivity index (χ4v) is 5.57. The van der Waals surface area contributed by atoms with Crippen molar-refractivity contribution in [1.82, 2.24) is 24.5 Å². The van der Waals surface area contributed by atoms with E-state index in [2.05, 4.69) is 10.2 Å². The lowest BCUT2D eigenvalue weighted by atomic mass is 10.2. The number of fused-ring (bicyclic) bond motifs is 3. The van der Waals surface area contributed by atoms with Gasteiger partial charge >= 0.3 is 0 Å². The Morgan fingerprint density at radius 2 is 2.07 bits per heavy atom. The van der Waals surface area contributed by atoms with E-state index in [1.807, 2.05) is 30.3 Å². The van der Waals surface area contributed by atoms with Crippen molar-refractivity contribution < 1.29 is 0 Å². The summed E-state index contributed by atoms with van der Waals surface area (Å²) in [7, 11) is 1.80. The third-order valence-corrected chi connectivity index (χ3v) is 7.03. The Bertz CT molecular complexity index is 1190. The molecule has 8 heteroatoms. The molecular formula is C19H17N5OS2. The summed E-state index contributed by atoms with van der Waals surface area (Å²) < 4.78 is 1.67. The van der Waals surface area contributed by atoms with Gasteiger partial charge in [0.15, 0.2) is 5.16 Å². The van der Waals surface area contributed by atoms with Gasteiger partial charge in [-0.2, -0.15) is 15.0 Å². The minimum atomic E-state index is 0.0647. The highest BCUT2D eigenvalue weighted by Crippen LogP contribution is 2.35. The quantitative estimate of drug-likeness (QED) is 0.392. The van der Waals surface area contributed by atoms with Crippen molar-refractivity contribution in [3.63, 3.8) is 0 Å². The second-order valence-electron chi connectivity index (χ2n) is 6.55. The zero-order chi connectivity index (χ0) is 18.4. The van der Waals surface area contributed by atoms with Crippen LogP contribution in [0.25, 0.3) is 15.9 Å². The molecule has 0 bridgehead atoms. The van der Waals surface area contributed by atoms with Crippen LogP contribution in [0.2, 0.25) is 0 Å². The number of thioether (sulfide) groups is 1. The summed E-state index contributed by atoms with van der Waals surface area (Å²) in [5, 5.41) is 10.4. The van der Waals surface area contributed by atoms with Crippen LogP contribution in [0.1, 0.15) is 22.6 Å². The zero-order valence-corrected chi connectivity index (χ0v) is 16.4. The molecule has 136 valence electrons. The number of benzene rings is 1. The number of para-hydroxylation sites is 1. The minimum absolute atomic E-state index is 0.0647. The first-order valence-corrected chi connectivity index (χ1v) is 10.6. The average molecular weight is 396 g/mol. The van der Waals surface area contributed by atoms with Gasteiger partial charge in [-0.25, -0.2) is 4.98 Å². The second-order valence-corrected chi connectivity index (χ2v) is 8.57. The van der Waals surface area contributed by atoms with Crippen molar-refractivity contribution >= 4 is 33.3 Å². The molecule has 0 fully saturated rings. The molecule has 0 amide bonds. The normalized spacial score (nSPS) is 13.4. The molecule has 1 aliphatic carbocycles. The highest BCUT2D eigenvalue weighted by atomic mass is 32.2. The molecule has 6 nitrogen and oxygen atoms in total. The van der Waals surface area contributed by atoms with E-state index in [-0.39, 0.29) is 5.56 Å². The first-order valence-electron chi connectivity index (χ1n) is 8.81. The molecule has 0 spiro atoms. The number of thiophene rings is 1. The Labute approximate surface area is 163 Å². The number of hydrogen-bond donors (Lipinski definition) is 0. The van der Waals surface area contributed by atoms with E-state index in [1.54, 1.807) is 33.9 Å². The van der Waals surface area contributed by atoms with Gasteiger partial charge in [-0.1, -0.05) is 30.0 Å². The molecule has 1 aromatic carbocycles. The maximum absolute atomic E-state index is 12.9. The van der Waals surface area contributed by atoms with Crippen LogP contribution in [0.4, 0.5) is 0 Å². The Balaban J connectivity index is 1.42. The molecule has 27 heavy (non-hydrogen) atoms. The predicted octanol–water partition coefficient (Wildman–Crippen LogP) is 3.36. The van der Waals surface area contributed by atoms with Gasteiger partial charge in [0, 0.05) is 17.7 Å². The predicted molar refractivity (Wildman–Crippen MR) is 108 cm³/mol. The Kier molecular flexibility index (Phi) is 4.09. The Morgan fingerprint density at radius 1 is 1.22 bits per heavy atom. The monoisotopic (exact) mass is 395 g/mol. The van der Waals surface area contributed by atoms with E-state index in [9.17, 15) is 4.79 Å². The van der Waals surface area contributed by atoms with Crippen molar-refractivity contribution in [2.45, 2.75) is 30.2 Å². The van der Waals surface area contributed by atoms with E-state index >= 15 is 0 Å². The molecule has 5 rings (SSSR count). The Morgan fingerprint density at radius 3 is 2.93 bits per heavy atom. The SMILES string of the molecule is Cn1c(SCc2cnn(-c3ccccc3)n2)nc2sc3c(c2c1=O)CCC3. The van der Waals surface area contributed by atoms with Gasteiger partial charge in [0.05, 0.1) is 23.0 Å². The maximum atomic E-state index is 12.9. The Hall–Kier alpha value is -2.45. The summed E-state index contributed by atoms with van der Waals surface area (Å²) in [6.45, 7) is 0. The van der Waals surface area contributed by atoms with Gasteiger partial charge < -0.3 is 0 Å². The molecule has 3 heterocycles. The largest absolute Gasteiger partial charge is 0.290 e. The van der Waals surface area contributed by atoms with Crippen LogP contribution >= 0.6 is 23.1 Å². The lowest BCUT2D eigenvalue weighted by molar-refractivity contribution is 0.725. The second kappa shape index (κ2) is 6.61. The summed E-state index contributed by atoms with van der Waals surface area (Å²) in [6, 6.07) is 9.81. The van der Waals surface area contributed by atoms with Crippen LogP contribution in [0.5, 0.6) is 0 Å². The van der Waals surface area contributed by atoms with Crippen LogP contribution in [-0.4, -0.2) is 24.5 Å². The van der Waals surface area contributed by atoms with Gasteiger partial charge in [0.1, 0.15) is 4.83 Å². The summed E-state index contributed by atoms with van der Waals surface area (Å²) in [5.74, 6) is 0.615. The third-order valence-electron chi connectivity index (χ3n) is 4.78. The third kappa shape index (κ3) is 2.89. The summed E-state index contributed by atoms with van der Waals surface area (Å²) >= 11 is 3.20. The average Bonchev–Trinajstić information content (AvgIpc) is 3.40. The van der Waals surface area contributed by atoms with E-state index in [1.165, 1.54) is 22.2 Å². The summed E-state index contributed by atoms with van der Waals surface area (Å²) in [4.78, 5) is 21.5. The minimum Gasteiger partial charge on any atom is -0.290 e. The number of hydrogen-bond acceptors (Lipinski definition) is 6. The maximum Gasteiger partial charge on any atom is 0.262 e. The van der Waals surface area contributed by atoms with Gasteiger partial charge in [0.25, 0.3) is 5.56 Å². The van der Waals surface area contributed by atoms with Crippen LogP contribution in [0, 0.1) is 0 Å². The summed E-state index contributed by atoms with van der Waals surface area (Å²) in [6.07, 6.45) is 4.98. The molecule has 0 N–H and O–H groups in total. The molecule has 0 unspecified atom stereocenters. The van der Waals surface area contributed by atoms with Gasteiger partial charge in [-0.15, -0.1) is 11.3 Å². The van der Waals surface area contributed by atoms with Crippen molar-refractivity contribution in [1.29, 1.82) is 0 Å². The van der Waals surface area contributed by atoms with Crippen molar-refractivity contribution in [3.05, 3.63) is 63.0 Å². The van der Waals surface area contributed by atoms with Crippen molar-refractivity contribution in [3.8, 4) is 5.69 Å². The molecule has 4 aromatic rings. The standard InChI is InChI=1S/C19H17N5OS2/c1-23-18(25)16-14-8-5-9-15(14)27-17(16)21-19(23)26-11-12-10-20-24(22-12)13-6-3-2-4-7-13/h2-4,6-7,10H,5,8-9,11H2,1H3. The fraction of sp³-hybridized carbons (Fsp3) is 0.263. The van der Waals surface area contributed by atoms with Crippen molar-refractivity contribution in [2.24, 2.45) is 7.05 Å². The molecule has 0 saturated carbocycles. The molecule has 0 saturated heterocycles. The van der Waals surface area contributed by atoms with Gasteiger partial charge in [-0.3, -0.25) is 9.36 Å². The highest BCUT2D eigenvalue weighted by molar-refractivity contribution is 7.98. The lowest BCUT2D eigenvalue weighted by Gasteiger charge is -2.06. The van der Waals surface area contributed by atoms with Crippen LogP contribution in [-0.2, 0) is 25.6 Å². The highest BCUT2D eigenvalue weighted by Gasteiger charge is 2.22. The van der Waals surface area contributed by atoms with Crippen LogP contribution in [0.3, 0.4) is 0 Å². The zero-order valence-electron chi connectivity index (χ0n) is 14.8. The molecule has 3 aromatic heterocycles. The number of nitrogens with zero attached hydrogens (tertiary/aromatic N) is 5. The number of aryl methyl sites for hydroxylation is 2. The lowest BCUT2D eigenvalue weighted by Crippen LogP contribution is -2.20. The fourth-order valence-electron chi connectivity index (χ4n) is 3.42. The molecule has 1 aliphatic rings. The van der Waals surface area contributed by atoms with E-state index in [0.717, 1.165) is 46.0 Å². The van der Waals surface area contributed by atoms with E-state index < -0.39 is 0 Å². The molecule has 0 aliphatic heterocycles. The van der Waals surface area contributed by atoms with E-state index in [0.29, 0.717) is 5.75 Å². The first-order chi connectivity index (χ1) is 13.2. The topological polar surface area (TPSA) is 65.6 Å². The van der Waals surface area contributed by atoms with Crippen molar-refractivity contribution in [2.75, 3.05) is 0 Å². The first kappa shape index (κ1) is 16.7. The number of rotatable bonds is 4. The van der Waals surface area contributed by atoms with E-state index in [4.69, 9.17) is 4.98 Å². The summed E-state index contributed by atoms with van der Waals surface area (Å²) in [5.41, 5.74) is 3.07. The smallest absolute Gasteiger partial charge is 0.262 e.